The van der Waals surface area contributed by atoms with Crippen molar-refractivity contribution in [3.63, 3.8) is 0 Å². The highest BCUT2D eigenvalue weighted by atomic mass is 16.5. The van der Waals surface area contributed by atoms with E-state index >= 15 is 0 Å². The minimum atomic E-state index is 0.253. The van der Waals surface area contributed by atoms with E-state index in [1.807, 2.05) is 6.92 Å². The van der Waals surface area contributed by atoms with E-state index in [2.05, 4.69) is 25.8 Å². The lowest BCUT2D eigenvalue weighted by molar-refractivity contribution is -0.140. The van der Waals surface area contributed by atoms with Gasteiger partial charge < -0.3 is 14.5 Å². The van der Waals surface area contributed by atoms with Gasteiger partial charge in [-0.05, 0) is 44.4 Å². The largest absolute Gasteiger partial charge is 0.376 e. The van der Waals surface area contributed by atoms with Gasteiger partial charge in [-0.1, -0.05) is 0 Å². The van der Waals surface area contributed by atoms with Gasteiger partial charge in [0.25, 0.3) is 0 Å². The van der Waals surface area contributed by atoms with Crippen LogP contribution < -0.4 is 4.90 Å². The quantitative estimate of drug-likeness (QED) is 0.841. The van der Waals surface area contributed by atoms with Gasteiger partial charge in [0.05, 0.1) is 6.10 Å². The third-order valence-electron chi connectivity index (χ3n) is 6.13. The zero-order valence-corrected chi connectivity index (χ0v) is 15.1. The summed E-state index contributed by atoms with van der Waals surface area (Å²) >= 11 is 0. The molecule has 136 valence electrons. The number of aromatic nitrogens is 2. The normalized spacial score (nSPS) is 26.4. The average molecular weight is 344 g/mol. The van der Waals surface area contributed by atoms with Crippen molar-refractivity contribution < 1.29 is 9.53 Å². The molecule has 3 saturated heterocycles. The molecule has 3 fully saturated rings. The van der Waals surface area contributed by atoms with Crippen LogP contribution in [-0.2, 0) is 9.53 Å². The molecule has 1 spiro atoms. The Balaban J connectivity index is 1.38. The Hall–Kier alpha value is -1.69. The van der Waals surface area contributed by atoms with Crippen LogP contribution in [0, 0.1) is 12.3 Å². The van der Waals surface area contributed by atoms with Crippen LogP contribution in [0.2, 0.25) is 0 Å². The monoisotopic (exact) mass is 344 g/mol. The van der Waals surface area contributed by atoms with Crippen LogP contribution >= 0.6 is 0 Å². The van der Waals surface area contributed by atoms with Crippen LogP contribution in [0.5, 0.6) is 0 Å². The van der Waals surface area contributed by atoms with Crippen LogP contribution in [-0.4, -0.2) is 59.7 Å². The number of carbonyl (C=O) groups excluding carboxylic acids is 1. The van der Waals surface area contributed by atoms with E-state index in [0.717, 1.165) is 76.4 Å². The van der Waals surface area contributed by atoms with E-state index in [1.165, 1.54) is 0 Å². The van der Waals surface area contributed by atoms with Crippen molar-refractivity contribution in [1.29, 1.82) is 0 Å². The molecule has 6 nitrogen and oxygen atoms in total. The lowest BCUT2D eigenvalue weighted by atomic mass is 9.72. The smallest absolute Gasteiger partial charge is 0.222 e. The predicted octanol–water partition coefficient (Wildman–Crippen LogP) is 2.17. The van der Waals surface area contributed by atoms with Crippen molar-refractivity contribution in [2.24, 2.45) is 5.41 Å². The predicted molar refractivity (Wildman–Crippen MR) is 95.4 cm³/mol. The summed E-state index contributed by atoms with van der Waals surface area (Å²) in [4.78, 5) is 25.4. The fourth-order valence-corrected chi connectivity index (χ4v) is 4.53. The average Bonchev–Trinajstić information content (AvgIpc) is 3.12. The second kappa shape index (κ2) is 6.90. The van der Waals surface area contributed by atoms with Crippen molar-refractivity contribution in [3.8, 4) is 0 Å². The third-order valence-corrected chi connectivity index (χ3v) is 6.13. The minimum absolute atomic E-state index is 0.253. The highest BCUT2D eigenvalue weighted by Gasteiger charge is 2.41. The molecule has 0 N–H and O–H groups in total. The zero-order chi connectivity index (χ0) is 17.3. The van der Waals surface area contributed by atoms with Crippen molar-refractivity contribution >= 4 is 11.7 Å². The number of hydrogen-bond acceptors (Lipinski definition) is 5. The summed E-state index contributed by atoms with van der Waals surface area (Å²) in [6.45, 7) is 6.58. The maximum absolute atomic E-state index is 12.4. The summed E-state index contributed by atoms with van der Waals surface area (Å²) in [5, 5.41) is 0. The Morgan fingerprint density at radius 1 is 1.28 bits per heavy atom. The number of ether oxygens (including phenoxy) is 1. The van der Waals surface area contributed by atoms with Crippen molar-refractivity contribution in [1.82, 2.24) is 14.9 Å². The molecule has 3 aliphatic heterocycles. The minimum Gasteiger partial charge on any atom is -0.376 e. The summed E-state index contributed by atoms with van der Waals surface area (Å²) in [5.74, 6) is 1.35. The Morgan fingerprint density at radius 3 is 2.84 bits per heavy atom. The molecule has 25 heavy (non-hydrogen) atoms. The number of anilines is 1. The second-order valence-electron chi connectivity index (χ2n) is 7.91. The van der Waals surface area contributed by atoms with Gasteiger partial charge in [0.15, 0.2) is 0 Å². The van der Waals surface area contributed by atoms with Gasteiger partial charge in [-0.2, -0.15) is 0 Å². The van der Waals surface area contributed by atoms with Crippen LogP contribution in [0.25, 0.3) is 0 Å². The Morgan fingerprint density at radius 2 is 2.12 bits per heavy atom. The molecule has 4 rings (SSSR count). The first-order chi connectivity index (χ1) is 12.1. The Bertz CT molecular complexity index is 622. The maximum atomic E-state index is 12.4. The fraction of sp³-hybridized carbons (Fsp3) is 0.737. The Labute approximate surface area is 149 Å². The number of likely N-dealkylation sites (tertiary alicyclic amines) is 1. The molecule has 0 aliphatic carbocycles. The highest BCUT2D eigenvalue weighted by Crippen LogP contribution is 2.41. The molecular formula is C19H28N4O2. The van der Waals surface area contributed by atoms with E-state index in [0.29, 0.717) is 12.3 Å². The third kappa shape index (κ3) is 3.64. The summed E-state index contributed by atoms with van der Waals surface area (Å²) in [6.07, 6.45) is 8.12. The van der Waals surface area contributed by atoms with Crippen LogP contribution in [0.4, 0.5) is 5.82 Å². The van der Waals surface area contributed by atoms with Crippen LogP contribution in [0.1, 0.15) is 44.2 Å². The number of hydrogen-bond donors (Lipinski definition) is 0. The molecular weight excluding hydrogens is 316 g/mol. The summed E-state index contributed by atoms with van der Waals surface area (Å²) in [6, 6.07) is 2.06. The van der Waals surface area contributed by atoms with Gasteiger partial charge in [-0.15, -0.1) is 0 Å². The second-order valence-corrected chi connectivity index (χ2v) is 7.91. The summed E-state index contributed by atoms with van der Waals surface area (Å²) < 4.78 is 5.75. The highest BCUT2D eigenvalue weighted by molar-refractivity contribution is 5.77. The van der Waals surface area contributed by atoms with Gasteiger partial charge in [0.2, 0.25) is 5.91 Å². The number of rotatable bonds is 3. The first-order valence-electron chi connectivity index (χ1n) is 9.57. The van der Waals surface area contributed by atoms with E-state index in [4.69, 9.17) is 4.74 Å². The summed E-state index contributed by atoms with van der Waals surface area (Å²) in [7, 11) is 0. The number of amides is 1. The number of carbonyl (C=O) groups is 1. The molecule has 4 heterocycles. The van der Waals surface area contributed by atoms with Gasteiger partial charge in [0, 0.05) is 51.0 Å². The van der Waals surface area contributed by atoms with Crippen LogP contribution in [0.3, 0.4) is 0 Å². The van der Waals surface area contributed by atoms with E-state index in [9.17, 15) is 4.79 Å². The van der Waals surface area contributed by atoms with Gasteiger partial charge in [-0.25, -0.2) is 9.97 Å². The van der Waals surface area contributed by atoms with Gasteiger partial charge in [0.1, 0.15) is 12.1 Å². The number of nitrogens with zero attached hydrogens (tertiary/aromatic N) is 4. The van der Waals surface area contributed by atoms with E-state index < -0.39 is 0 Å². The van der Waals surface area contributed by atoms with Crippen molar-refractivity contribution in [2.45, 2.75) is 51.6 Å². The molecule has 3 aliphatic rings. The van der Waals surface area contributed by atoms with Gasteiger partial charge >= 0.3 is 0 Å². The molecule has 0 saturated carbocycles. The first-order valence-corrected chi connectivity index (χ1v) is 9.57. The topological polar surface area (TPSA) is 58.6 Å². The Kier molecular flexibility index (Phi) is 4.63. The lowest BCUT2D eigenvalue weighted by Crippen LogP contribution is -2.53. The molecule has 1 amide bonds. The lowest BCUT2D eigenvalue weighted by Gasteiger charge is -2.48. The first kappa shape index (κ1) is 16.8. The molecule has 1 unspecified atom stereocenters. The zero-order valence-electron chi connectivity index (χ0n) is 15.1. The van der Waals surface area contributed by atoms with Crippen LogP contribution in [0.15, 0.2) is 12.4 Å². The SMILES string of the molecule is Cc1cc(N2CCC3(CCC(=O)N(CC4CCCO4)C3)CC2)ncn1. The summed E-state index contributed by atoms with van der Waals surface area (Å²) in [5.41, 5.74) is 1.29. The molecule has 0 bridgehead atoms. The van der Waals surface area contributed by atoms with Gasteiger partial charge in [-0.3, -0.25) is 4.79 Å². The van der Waals surface area contributed by atoms with E-state index in [1.54, 1.807) is 6.33 Å². The van der Waals surface area contributed by atoms with E-state index in [-0.39, 0.29) is 11.5 Å². The standard InChI is InChI=1S/C19H28N4O2/c1-15-11-17(21-14-20-15)22-8-6-19(7-9-22)5-4-18(24)23(13-19)12-16-3-2-10-25-16/h11,14,16H,2-10,12-13H2,1H3. The fourth-order valence-electron chi connectivity index (χ4n) is 4.53. The molecule has 1 aromatic rings. The molecule has 0 radical (unpaired) electrons. The molecule has 1 atom stereocenters. The van der Waals surface area contributed by atoms with Crippen molar-refractivity contribution in [2.75, 3.05) is 37.7 Å². The number of aryl methyl sites for hydroxylation is 1. The molecule has 1 aromatic heterocycles. The molecule has 6 heteroatoms. The maximum Gasteiger partial charge on any atom is 0.222 e. The number of piperidine rings is 2. The molecule has 0 aromatic carbocycles. The van der Waals surface area contributed by atoms with Crippen molar-refractivity contribution in [3.05, 3.63) is 18.1 Å².